The van der Waals surface area contributed by atoms with Gasteiger partial charge in [-0.25, -0.2) is 26.7 Å². The predicted octanol–water partition coefficient (Wildman–Crippen LogP) is -1.22. The quantitative estimate of drug-likeness (QED) is 0.555. The van der Waals surface area contributed by atoms with E-state index in [-0.39, 0.29) is 17.4 Å². The van der Waals surface area contributed by atoms with Crippen molar-refractivity contribution in [3.8, 4) is 0 Å². The molecule has 9 heteroatoms. The molecule has 1 unspecified atom stereocenters. The molecule has 0 aromatic rings. The molecule has 0 radical (unpaired) electrons. The standard InChI is InChI=1S/C9H23N3O4S2/c1-11-18(15,16)7-5-9(8-12(2)3)4-6-17(10,13)14/h9,11H,4-8H2,1-3H3,(H2,10,13,14). The predicted molar refractivity (Wildman–Crippen MR) is 72.1 cm³/mol. The maximum absolute atomic E-state index is 11.3. The second-order valence-corrected chi connectivity index (χ2v) is 8.38. The monoisotopic (exact) mass is 301 g/mol. The van der Waals surface area contributed by atoms with Crippen LogP contribution in [0.25, 0.3) is 0 Å². The van der Waals surface area contributed by atoms with Crippen molar-refractivity contribution in [1.82, 2.24) is 9.62 Å². The van der Waals surface area contributed by atoms with Crippen LogP contribution in [-0.4, -0.2) is 60.9 Å². The van der Waals surface area contributed by atoms with Gasteiger partial charge in [0.2, 0.25) is 20.0 Å². The summed E-state index contributed by atoms with van der Waals surface area (Å²) < 4.78 is 46.7. The minimum Gasteiger partial charge on any atom is -0.309 e. The number of nitrogens with two attached hydrogens (primary N) is 1. The number of nitrogens with one attached hydrogen (secondary N) is 1. The van der Waals surface area contributed by atoms with E-state index in [1.165, 1.54) is 7.05 Å². The first kappa shape index (κ1) is 17.8. The molecule has 0 aliphatic carbocycles. The van der Waals surface area contributed by atoms with E-state index in [0.717, 1.165) is 0 Å². The number of hydrogen-bond donors (Lipinski definition) is 2. The molecule has 0 bridgehead atoms. The highest BCUT2D eigenvalue weighted by Gasteiger charge is 2.17. The van der Waals surface area contributed by atoms with Gasteiger partial charge in [-0.15, -0.1) is 0 Å². The van der Waals surface area contributed by atoms with Crippen molar-refractivity contribution in [2.24, 2.45) is 11.1 Å². The highest BCUT2D eigenvalue weighted by Crippen LogP contribution is 2.12. The summed E-state index contributed by atoms with van der Waals surface area (Å²) in [7, 11) is -1.67. The molecular formula is C9H23N3O4S2. The lowest BCUT2D eigenvalue weighted by Crippen LogP contribution is -2.29. The molecule has 18 heavy (non-hydrogen) atoms. The third-order valence-corrected chi connectivity index (χ3v) is 4.74. The first-order valence-electron chi connectivity index (χ1n) is 5.62. The summed E-state index contributed by atoms with van der Waals surface area (Å²) in [6.45, 7) is 0.634. The van der Waals surface area contributed by atoms with E-state index in [1.807, 2.05) is 19.0 Å². The van der Waals surface area contributed by atoms with Crippen LogP contribution in [0.15, 0.2) is 0 Å². The molecule has 0 amide bonds. The van der Waals surface area contributed by atoms with E-state index in [4.69, 9.17) is 5.14 Å². The van der Waals surface area contributed by atoms with Gasteiger partial charge in [0.25, 0.3) is 0 Å². The van der Waals surface area contributed by atoms with E-state index in [9.17, 15) is 16.8 Å². The Kier molecular flexibility index (Phi) is 7.30. The zero-order valence-corrected chi connectivity index (χ0v) is 12.7. The van der Waals surface area contributed by atoms with Gasteiger partial charge in [-0.3, -0.25) is 0 Å². The normalized spacial score (nSPS) is 14.9. The molecule has 0 aliphatic rings. The maximum Gasteiger partial charge on any atom is 0.211 e. The lowest BCUT2D eigenvalue weighted by Gasteiger charge is -2.20. The molecule has 0 heterocycles. The lowest BCUT2D eigenvalue weighted by atomic mass is 10.0. The Hall–Kier alpha value is -0.220. The topological polar surface area (TPSA) is 110 Å². The van der Waals surface area contributed by atoms with Gasteiger partial charge in [0.05, 0.1) is 11.5 Å². The number of nitrogens with zero attached hydrogens (tertiary/aromatic N) is 1. The summed E-state index contributed by atoms with van der Waals surface area (Å²) in [5.74, 6) is -0.140. The summed E-state index contributed by atoms with van der Waals surface area (Å²) >= 11 is 0. The van der Waals surface area contributed by atoms with Crippen LogP contribution in [0.4, 0.5) is 0 Å². The summed E-state index contributed by atoms with van der Waals surface area (Å²) in [5, 5.41) is 4.95. The van der Waals surface area contributed by atoms with Crippen molar-refractivity contribution < 1.29 is 16.8 Å². The van der Waals surface area contributed by atoms with Crippen molar-refractivity contribution in [3.05, 3.63) is 0 Å². The van der Waals surface area contributed by atoms with Crippen LogP contribution in [0.3, 0.4) is 0 Å². The maximum atomic E-state index is 11.3. The Balaban J connectivity index is 4.41. The smallest absolute Gasteiger partial charge is 0.211 e. The minimum atomic E-state index is -3.50. The molecule has 7 nitrogen and oxygen atoms in total. The van der Waals surface area contributed by atoms with Crippen LogP contribution in [-0.2, 0) is 20.0 Å². The number of sulfonamides is 2. The van der Waals surface area contributed by atoms with Crippen LogP contribution in [0, 0.1) is 5.92 Å². The fraction of sp³-hybridized carbons (Fsp3) is 1.00. The first-order chi connectivity index (χ1) is 8.06. The number of rotatable bonds is 9. The molecule has 0 aliphatic heterocycles. The molecule has 0 spiro atoms. The van der Waals surface area contributed by atoms with E-state index < -0.39 is 20.0 Å². The summed E-state index contributed by atoms with van der Waals surface area (Å²) in [4.78, 5) is 1.90. The molecule has 0 rings (SSSR count). The average Bonchev–Trinajstić information content (AvgIpc) is 2.20. The molecule has 110 valence electrons. The van der Waals surface area contributed by atoms with Crippen molar-refractivity contribution in [3.63, 3.8) is 0 Å². The Labute approximate surface area is 110 Å². The molecule has 3 N–H and O–H groups in total. The second-order valence-electron chi connectivity index (χ2n) is 4.60. The van der Waals surface area contributed by atoms with Crippen molar-refractivity contribution in [2.75, 3.05) is 39.2 Å². The van der Waals surface area contributed by atoms with E-state index in [1.54, 1.807) is 0 Å². The molecule has 1 atom stereocenters. The Bertz CT molecular complexity index is 431. The van der Waals surface area contributed by atoms with Gasteiger partial charge in [-0.05, 0) is 39.9 Å². The van der Waals surface area contributed by atoms with E-state index >= 15 is 0 Å². The zero-order chi connectivity index (χ0) is 14.4. The van der Waals surface area contributed by atoms with E-state index in [0.29, 0.717) is 19.4 Å². The molecule has 0 aromatic carbocycles. The van der Waals surface area contributed by atoms with Crippen LogP contribution in [0.2, 0.25) is 0 Å². The van der Waals surface area contributed by atoms with Gasteiger partial charge in [-0.2, -0.15) is 0 Å². The Morgan fingerprint density at radius 2 is 1.61 bits per heavy atom. The van der Waals surface area contributed by atoms with Gasteiger partial charge in [0.1, 0.15) is 0 Å². The third-order valence-electron chi connectivity index (χ3n) is 2.54. The molecular weight excluding hydrogens is 278 g/mol. The highest BCUT2D eigenvalue weighted by molar-refractivity contribution is 7.89. The average molecular weight is 301 g/mol. The van der Waals surface area contributed by atoms with Gasteiger partial charge in [0.15, 0.2) is 0 Å². The molecule has 0 saturated heterocycles. The van der Waals surface area contributed by atoms with Crippen molar-refractivity contribution in [2.45, 2.75) is 12.8 Å². The van der Waals surface area contributed by atoms with Gasteiger partial charge in [0, 0.05) is 6.54 Å². The molecule has 0 aromatic heterocycles. The Morgan fingerprint density at radius 1 is 1.11 bits per heavy atom. The van der Waals surface area contributed by atoms with Crippen LogP contribution in [0.1, 0.15) is 12.8 Å². The first-order valence-corrected chi connectivity index (χ1v) is 8.99. The fourth-order valence-electron chi connectivity index (χ4n) is 1.60. The van der Waals surface area contributed by atoms with Gasteiger partial charge in [-0.1, -0.05) is 0 Å². The van der Waals surface area contributed by atoms with Crippen LogP contribution >= 0.6 is 0 Å². The summed E-state index contributed by atoms with van der Waals surface area (Å²) in [6, 6.07) is 0. The number of primary sulfonamides is 1. The molecule has 0 saturated carbocycles. The number of hydrogen-bond acceptors (Lipinski definition) is 5. The van der Waals surface area contributed by atoms with Gasteiger partial charge >= 0.3 is 0 Å². The minimum absolute atomic E-state index is 0.00732. The SMILES string of the molecule is CNS(=O)(=O)CCC(CCS(N)(=O)=O)CN(C)C. The Morgan fingerprint density at radius 3 is 2.00 bits per heavy atom. The van der Waals surface area contributed by atoms with Crippen LogP contribution < -0.4 is 9.86 Å². The van der Waals surface area contributed by atoms with E-state index in [2.05, 4.69) is 4.72 Å². The van der Waals surface area contributed by atoms with Gasteiger partial charge < -0.3 is 4.90 Å². The second kappa shape index (κ2) is 7.39. The summed E-state index contributed by atoms with van der Waals surface area (Å²) in [6.07, 6.45) is 0.785. The zero-order valence-electron chi connectivity index (χ0n) is 11.1. The lowest BCUT2D eigenvalue weighted by molar-refractivity contribution is 0.313. The largest absolute Gasteiger partial charge is 0.309 e. The third kappa shape index (κ3) is 9.77. The molecule has 0 fully saturated rings. The summed E-state index contributed by atoms with van der Waals surface area (Å²) in [5.41, 5.74) is 0. The van der Waals surface area contributed by atoms with Crippen molar-refractivity contribution in [1.29, 1.82) is 0 Å². The van der Waals surface area contributed by atoms with Crippen molar-refractivity contribution >= 4 is 20.0 Å². The van der Waals surface area contributed by atoms with Crippen LogP contribution in [0.5, 0.6) is 0 Å². The highest BCUT2D eigenvalue weighted by atomic mass is 32.2. The fourth-order valence-corrected chi connectivity index (χ4v) is 3.11.